The predicted molar refractivity (Wildman–Crippen MR) is 79.8 cm³/mol. The SMILES string of the molecule is [CH2-]C(=O)c1cc(NS(=O)[O-])c(Cl)cc1CCc1ccco1.[Y]. The first-order valence-corrected chi connectivity index (χ1v) is 7.49. The Morgan fingerprint density at radius 3 is 2.68 bits per heavy atom. The second kappa shape index (κ2) is 8.84. The number of carbonyl (C=O) groups excluding carboxylic acids is 1. The molecule has 0 aliphatic carbocycles. The fraction of sp³-hybridized carbons (Fsp3) is 0.143. The van der Waals surface area contributed by atoms with Gasteiger partial charge in [0.25, 0.3) is 0 Å². The number of furan rings is 1. The Hall–Kier alpha value is -0.656. The van der Waals surface area contributed by atoms with E-state index in [9.17, 15) is 13.6 Å². The molecule has 115 valence electrons. The molecule has 0 saturated heterocycles. The van der Waals surface area contributed by atoms with Gasteiger partial charge in [-0.3, -0.25) is 4.21 Å². The topological polar surface area (TPSA) is 82.4 Å². The summed E-state index contributed by atoms with van der Waals surface area (Å²) in [6, 6.07) is 6.58. The predicted octanol–water partition coefficient (Wildman–Crippen LogP) is 2.94. The van der Waals surface area contributed by atoms with Gasteiger partial charge < -0.3 is 18.5 Å². The Morgan fingerprint density at radius 2 is 2.14 bits per heavy atom. The minimum absolute atomic E-state index is 0. The van der Waals surface area contributed by atoms with Crippen LogP contribution >= 0.6 is 11.6 Å². The van der Waals surface area contributed by atoms with E-state index in [1.165, 1.54) is 6.07 Å². The van der Waals surface area contributed by atoms with Crippen LogP contribution in [-0.4, -0.2) is 14.5 Å². The van der Waals surface area contributed by atoms with Gasteiger partial charge in [0.2, 0.25) is 0 Å². The van der Waals surface area contributed by atoms with Crippen molar-refractivity contribution in [1.29, 1.82) is 0 Å². The molecule has 0 amide bonds. The molecule has 8 heteroatoms. The minimum Gasteiger partial charge on any atom is -0.755 e. The Kier molecular flexibility index (Phi) is 7.79. The van der Waals surface area contributed by atoms with Gasteiger partial charge >= 0.3 is 0 Å². The fourth-order valence-corrected chi connectivity index (χ4v) is 2.60. The maximum atomic E-state index is 11.6. The van der Waals surface area contributed by atoms with Crippen molar-refractivity contribution in [2.75, 3.05) is 4.72 Å². The molecule has 0 aliphatic rings. The third kappa shape index (κ3) is 5.21. The third-order valence-electron chi connectivity index (χ3n) is 2.91. The summed E-state index contributed by atoms with van der Waals surface area (Å²) in [4.78, 5) is 11.6. The summed E-state index contributed by atoms with van der Waals surface area (Å²) in [5.74, 6) is 0.386. The third-order valence-corrected chi connectivity index (χ3v) is 3.61. The Balaban J connectivity index is 0.00000242. The summed E-state index contributed by atoms with van der Waals surface area (Å²) in [6.07, 6.45) is 2.71. The molecular formula is C14H12ClNO4SY-2. The van der Waals surface area contributed by atoms with E-state index in [0.29, 0.717) is 24.0 Å². The molecule has 0 bridgehead atoms. The minimum atomic E-state index is -2.51. The summed E-state index contributed by atoms with van der Waals surface area (Å²) < 4.78 is 28.8. The van der Waals surface area contributed by atoms with Gasteiger partial charge in [0.05, 0.1) is 11.3 Å². The maximum absolute atomic E-state index is 11.6. The van der Waals surface area contributed by atoms with Crippen molar-refractivity contribution in [3.63, 3.8) is 0 Å². The van der Waals surface area contributed by atoms with Crippen LogP contribution in [0.25, 0.3) is 0 Å². The zero-order chi connectivity index (χ0) is 15.4. The van der Waals surface area contributed by atoms with E-state index in [4.69, 9.17) is 16.0 Å². The normalized spacial score (nSPS) is 11.5. The van der Waals surface area contributed by atoms with Crippen molar-refractivity contribution >= 4 is 34.3 Å². The van der Waals surface area contributed by atoms with Crippen molar-refractivity contribution < 1.29 is 50.7 Å². The van der Waals surface area contributed by atoms with Gasteiger partial charge in [0, 0.05) is 61.9 Å². The van der Waals surface area contributed by atoms with Gasteiger partial charge in [-0.15, -0.1) is 17.2 Å². The maximum Gasteiger partial charge on any atom is 0.104 e. The zero-order valence-corrected chi connectivity index (χ0v) is 15.9. The standard InChI is InChI=1S/C14H13ClNO4S.Y/c1-9(17)12-8-14(16-21(18)19)13(15)7-10(12)4-5-11-3-2-6-20-11;/h2-3,6-8,16H,1,4-5H2,(H,18,19);/q-1;/p-1. The largest absolute Gasteiger partial charge is 0.755 e. The number of hydrogen-bond donors (Lipinski definition) is 1. The quantitative estimate of drug-likeness (QED) is 0.447. The second-order valence-electron chi connectivity index (χ2n) is 4.33. The molecule has 1 heterocycles. The Morgan fingerprint density at radius 1 is 1.41 bits per heavy atom. The van der Waals surface area contributed by atoms with E-state index in [1.807, 2.05) is 6.07 Å². The smallest absolute Gasteiger partial charge is 0.104 e. The number of carbonyl (C=O) groups is 1. The monoisotopic (exact) mass is 414 g/mol. The molecule has 1 unspecified atom stereocenters. The summed E-state index contributed by atoms with van der Waals surface area (Å²) >= 11 is 3.51. The number of ketones is 1. The van der Waals surface area contributed by atoms with Gasteiger partial charge in [0.1, 0.15) is 5.76 Å². The molecule has 1 aromatic heterocycles. The van der Waals surface area contributed by atoms with Gasteiger partial charge in [-0.2, -0.15) is 6.92 Å². The number of Topliss-reactive ketones (excluding diaryl/α,β-unsaturated/α-hetero) is 1. The molecule has 0 fully saturated rings. The molecule has 2 aromatic rings. The van der Waals surface area contributed by atoms with Crippen LogP contribution in [-0.2, 0) is 56.8 Å². The summed E-state index contributed by atoms with van der Waals surface area (Å²) in [6.45, 7) is 3.38. The molecule has 1 radical (unpaired) electrons. The molecule has 0 saturated carbocycles. The van der Waals surface area contributed by atoms with Crippen LogP contribution < -0.4 is 4.72 Å². The van der Waals surface area contributed by atoms with E-state index in [-0.39, 0.29) is 43.4 Å². The van der Waals surface area contributed by atoms with E-state index in [0.717, 1.165) is 5.76 Å². The molecule has 22 heavy (non-hydrogen) atoms. The number of nitrogens with one attached hydrogen (secondary N) is 1. The van der Waals surface area contributed by atoms with E-state index >= 15 is 0 Å². The van der Waals surface area contributed by atoms with Crippen LogP contribution in [0.5, 0.6) is 0 Å². The fourth-order valence-electron chi connectivity index (χ4n) is 1.96. The van der Waals surface area contributed by atoms with Gasteiger partial charge in [-0.05, 0) is 18.6 Å². The average Bonchev–Trinajstić information content (AvgIpc) is 2.91. The van der Waals surface area contributed by atoms with E-state index < -0.39 is 17.0 Å². The number of anilines is 1. The van der Waals surface area contributed by atoms with Crippen LogP contribution in [0.3, 0.4) is 0 Å². The van der Waals surface area contributed by atoms with E-state index in [2.05, 4.69) is 11.6 Å². The Labute approximate surface area is 161 Å². The molecule has 1 aromatic carbocycles. The number of halogens is 1. The van der Waals surface area contributed by atoms with Crippen LogP contribution in [0.1, 0.15) is 21.7 Å². The van der Waals surface area contributed by atoms with Crippen molar-refractivity contribution in [3.8, 4) is 0 Å². The molecule has 5 nitrogen and oxygen atoms in total. The average molecular weight is 415 g/mol. The van der Waals surface area contributed by atoms with Gasteiger partial charge in [-0.25, -0.2) is 0 Å². The van der Waals surface area contributed by atoms with Crippen LogP contribution in [0.4, 0.5) is 5.69 Å². The Bertz CT molecular complexity index is 676. The number of hydrogen-bond acceptors (Lipinski definition) is 4. The van der Waals surface area contributed by atoms with Gasteiger partial charge in [-0.1, -0.05) is 17.7 Å². The first-order chi connectivity index (χ1) is 9.97. The second-order valence-corrected chi connectivity index (χ2v) is 5.41. The molecule has 0 spiro atoms. The molecule has 1 N–H and O–H groups in total. The molecule has 0 aliphatic heterocycles. The van der Waals surface area contributed by atoms with Crippen LogP contribution in [0.2, 0.25) is 5.02 Å². The van der Waals surface area contributed by atoms with Crippen molar-refractivity contribution in [2.24, 2.45) is 0 Å². The first kappa shape index (κ1) is 19.4. The number of aryl methyl sites for hydroxylation is 2. The van der Waals surface area contributed by atoms with E-state index in [1.54, 1.807) is 18.4 Å². The number of benzene rings is 1. The van der Waals surface area contributed by atoms with Gasteiger partial charge in [0.15, 0.2) is 0 Å². The zero-order valence-electron chi connectivity index (χ0n) is 11.5. The summed E-state index contributed by atoms with van der Waals surface area (Å²) in [5.41, 5.74) is 1.18. The summed E-state index contributed by atoms with van der Waals surface area (Å²) in [5, 5.41) is 0.221. The molecule has 2 rings (SSSR count). The van der Waals surface area contributed by atoms with Crippen molar-refractivity contribution in [1.82, 2.24) is 0 Å². The van der Waals surface area contributed by atoms with Crippen molar-refractivity contribution in [2.45, 2.75) is 12.8 Å². The summed E-state index contributed by atoms with van der Waals surface area (Å²) in [7, 11) is 0. The molecule has 1 atom stereocenters. The first-order valence-electron chi connectivity index (χ1n) is 6.04. The van der Waals surface area contributed by atoms with Crippen molar-refractivity contribution in [3.05, 3.63) is 59.4 Å². The number of rotatable bonds is 6. The van der Waals surface area contributed by atoms with Crippen LogP contribution in [0, 0.1) is 6.92 Å². The van der Waals surface area contributed by atoms with Crippen LogP contribution in [0.15, 0.2) is 34.9 Å². The molecular weight excluding hydrogens is 403 g/mol.